The Morgan fingerprint density at radius 3 is 2.70 bits per heavy atom. The van der Waals surface area contributed by atoms with Crippen LogP contribution in [0.3, 0.4) is 0 Å². The molecular formula is C17H36N2O. The third-order valence-corrected chi connectivity index (χ3v) is 4.55. The molecule has 1 aliphatic heterocycles. The van der Waals surface area contributed by atoms with Gasteiger partial charge in [0.2, 0.25) is 0 Å². The summed E-state index contributed by atoms with van der Waals surface area (Å²) in [6.45, 7) is 9.00. The van der Waals surface area contributed by atoms with Crippen molar-refractivity contribution in [3.8, 4) is 0 Å². The lowest BCUT2D eigenvalue weighted by Crippen LogP contribution is -2.43. The zero-order chi connectivity index (χ0) is 14.6. The molecule has 1 heterocycles. The summed E-state index contributed by atoms with van der Waals surface area (Å²) in [4.78, 5) is 2.63. The minimum atomic E-state index is 0.689. The number of unbranched alkanes of at least 4 members (excludes halogenated alkanes) is 4. The molecule has 3 nitrogen and oxygen atoms in total. The van der Waals surface area contributed by atoms with E-state index in [2.05, 4.69) is 24.1 Å². The molecule has 1 rings (SSSR count). The van der Waals surface area contributed by atoms with Crippen molar-refractivity contribution in [2.75, 3.05) is 33.4 Å². The summed E-state index contributed by atoms with van der Waals surface area (Å²) in [5.41, 5.74) is 0. The van der Waals surface area contributed by atoms with Crippen molar-refractivity contribution in [2.45, 2.75) is 77.3 Å². The summed E-state index contributed by atoms with van der Waals surface area (Å²) >= 11 is 0. The molecule has 1 N–H and O–H groups in total. The van der Waals surface area contributed by atoms with E-state index in [0.717, 1.165) is 13.2 Å². The molecule has 1 fully saturated rings. The van der Waals surface area contributed by atoms with E-state index in [0.29, 0.717) is 12.1 Å². The molecule has 2 atom stereocenters. The summed E-state index contributed by atoms with van der Waals surface area (Å²) in [7, 11) is 1.81. The molecule has 0 amide bonds. The summed E-state index contributed by atoms with van der Waals surface area (Å²) in [5, 5.41) is 3.62. The van der Waals surface area contributed by atoms with Crippen LogP contribution in [0.15, 0.2) is 0 Å². The number of nitrogens with zero attached hydrogens (tertiary/aromatic N) is 1. The highest BCUT2D eigenvalue weighted by Crippen LogP contribution is 2.14. The first-order valence-electron chi connectivity index (χ1n) is 8.74. The van der Waals surface area contributed by atoms with Crippen molar-refractivity contribution in [1.82, 2.24) is 10.2 Å². The second-order valence-electron chi connectivity index (χ2n) is 6.33. The first-order valence-corrected chi connectivity index (χ1v) is 8.74. The lowest BCUT2D eigenvalue weighted by molar-refractivity contribution is 0.113. The van der Waals surface area contributed by atoms with Gasteiger partial charge in [-0.2, -0.15) is 0 Å². The van der Waals surface area contributed by atoms with Crippen molar-refractivity contribution in [3.63, 3.8) is 0 Å². The fourth-order valence-corrected chi connectivity index (χ4v) is 3.12. The van der Waals surface area contributed by atoms with Crippen LogP contribution in [0.5, 0.6) is 0 Å². The van der Waals surface area contributed by atoms with E-state index in [9.17, 15) is 0 Å². The van der Waals surface area contributed by atoms with E-state index in [1.807, 2.05) is 0 Å². The quantitative estimate of drug-likeness (QED) is 0.556. The van der Waals surface area contributed by atoms with Gasteiger partial charge in [-0.1, -0.05) is 39.0 Å². The minimum absolute atomic E-state index is 0.689. The molecule has 0 saturated carbocycles. The molecule has 0 aromatic carbocycles. The molecule has 1 saturated heterocycles. The highest BCUT2D eigenvalue weighted by molar-refractivity contribution is 4.80. The van der Waals surface area contributed by atoms with Crippen LogP contribution in [0, 0.1) is 0 Å². The van der Waals surface area contributed by atoms with Gasteiger partial charge in [0.1, 0.15) is 0 Å². The van der Waals surface area contributed by atoms with Crippen molar-refractivity contribution in [3.05, 3.63) is 0 Å². The molecule has 0 aromatic heterocycles. The first kappa shape index (κ1) is 17.9. The molecule has 0 bridgehead atoms. The van der Waals surface area contributed by atoms with E-state index >= 15 is 0 Å². The van der Waals surface area contributed by atoms with E-state index in [-0.39, 0.29) is 0 Å². The SMILES string of the molecule is CCCCCCCC(C)N(CCOC)CC1CCCN1. The van der Waals surface area contributed by atoms with Gasteiger partial charge in [-0.3, -0.25) is 4.90 Å². The maximum Gasteiger partial charge on any atom is 0.0589 e. The summed E-state index contributed by atoms with van der Waals surface area (Å²) in [5.74, 6) is 0. The lowest BCUT2D eigenvalue weighted by atomic mass is 10.1. The molecule has 2 unspecified atom stereocenters. The Morgan fingerprint density at radius 2 is 2.05 bits per heavy atom. The third-order valence-electron chi connectivity index (χ3n) is 4.55. The van der Waals surface area contributed by atoms with Crippen LogP contribution < -0.4 is 5.32 Å². The largest absolute Gasteiger partial charge is 0.383 e. The second kappa shape index (κ2) is 11.5. The van der Waals surface area contributed by atoms with Crippen LogP contribution in [0.2, 0.25) is 0 Å². The standard InChI is InChI=1S/C17H36N2O/c1-4-5-6-7-8-10-16(2)19(13-14-20-3)15-17-11-9-12-18-17/h16-18H,4-15H2,1-3H3. The maximum absolute atomic E-state index is 5.28. The number of methoxy groups -OCH3 is 1. The molecule has 120 valence electrons. The Bertz CT molecular complexity index is 217. The van der Waals surface area contributed by atoms with Gasteiger partial charge in [-0.25, -0.2) is 0 Å². The summed E-state index contributed by atoms with van der Waals surface area (Å²) in [6.07, 6.45) is 10.9. The van der Waals surface area contributed by atoms with Crippen molar-refractivity contribution < 1.29 is 4.74 Å². The zero-order valence-corrected chi connectivity index (χ0v) is 14.0. The van der Waals surface area contributed by atoms with Gasteiger partial charge in [0, 0.05) is 32.3 Å². The van der Waals surface area contributed by atoms with E-state index < -0.39 is 0 Å². The normalized spacial score (nSPS) is 20.7. The molecule has 20 heavy (non-hydrogen) atoms. The van der Waals surface area contributed by atoms with Crippen molar-refractivity contribution in [1.29, 1.82) is 0 Å². The van der Waals surface area contributed by atoms with Crippen LogP contribution >= 0.6 is 0 Å². The maximum atomic E-state index is 5.28. The summed E-state index contributed by atoms with van der Waals surface area (Å²) < 4.78 is 5.28. The average Bonchev–Trinajstić information content (AvgIpc) is 2.96. The molecule has 0 aliphatic carbocycles. The van der Waals surface area contributed by atoms with Gasteiger partial charge in [-0.05, 0) is 32.7 Å². The Kier molecular flexibility index (Phi) is 10.3. The predicted molar refractivity (Wildman–Crippen MR) is 87.3 cm³/mol. The van der Waals surface area contributed by atoms with E-state index in [1.54, 1.807) is 7.11 Å². The van der Waals surface area contributed by atoms with Gasteiger partial charge in [0.05, 0.1) is 6.61 Å². The van der Waals surface area contributed by atoms with Crippen molar-refractivity contribution >= 4 is 0 Å². The monoisotopic (exact) mass is 284 g/mol. The van der Waals surface area contributed by atoms with Crippen LogP contribution in [0.25, 0.3) is 0 Å². The third kappa shape index (κ3) is 7.61. The van der Waals surface area contributed by atoms with Gasteiger partial charge in [-0.15, -0.1) is 0 Å². The molecule has 0 radical (unpaired) electrons. The number of nitrogens with one attached hydrogen (secondary N) is 1. The highest BCUT2D eigenvalue weighted by atomic mass is 16.5. The number of ether oxygens (including phenoxy) is 1. The topological polar surface area (TPSA) is 24.5 Å². The van der Waals surface area contributed by atoms with E-state index in [1.165, 1.54) is 64.5 Å². The van der Waals surface area contributed by atoms with Gasteiger partial charge < -0.3 is 10.1 Å². The molecular weight excluding hydrogens is 248 g/mol. The van der Waals surface area contributed by atoms with Gasteiger partial charge in [0.25, 0.3) is 0 Å². The number of hydrogen-bond acceptors (Lipinski definition) is 3. The summed E-state index contributed by atoms with van der Waals surface area (Å²) in [6, 6.07) is 1.39. The predicted octanol–water partition coefficient (Wildman–Crippen LogP) is 3.44. The second-order valence-corrected chi connectivity index (χ2v) is 6.33. The fourth-order valence-electron chi connectivity index (χ4n) is 3.12. The van der Waals surface area contributed by atoms with Crippen LogP contribution in [-0.4, -0.2) is 50.3 Å². The molecule has 1 aliphatic rings. The molecule has 3 heteroatoms. The zero-order valence-electron chi connectivity index (χ0n) is 14.0. The minimum Gasteiger partial charge on any atom is -0.383 e. The number of hydrogen-bond donors (Lipinski definition) is 1. The van der Waals surface area contributed by atoms with Crippen LogP contribution in [-0.2, 0) is 4.74 Å². The lowest BCUT2D eigenvalue weighted by Gasteiger charge is -2.31. The number of rotatable bonds is 12. The fraction of sp³-hybridized carbons (Fsp3) is 1.00. The molecule has 0 aromatic rings. The van der Waals surface area contributed by atoms with Crippen molar-refractivity contribution in [2.24, 2.45) is 0 Å². The van der Waals surface area contributed by atoms with Crippen LogP contribution in [0.1, 0.15) is 65.2 Å². The Labute approximate surface area is 126 Å². The highest BCUT2D eigenvalue weighted by Gasteiger charge is 2.20. The molecule has 0 spiro atoms. The van der Waals surface area contributed by atoms with E-state index in [4.69, 9.17) is 4.74 Å². The smallest absolute Gasteiger partial charge is 0.0589 e. The first-order chi connectivity index (χ1) is 9.77. The van der Waals surface area contributed by atoms with Crippen LogP contribution in [0.4, 0.5) is 0 Å². The van der Waals surface area contributed by atoms with Gasteiger partial charge in [0.15, 0.2) is 0 Å². The Balaban J connectivity index is 2.24. The average molecular weight is 284 g/mol. The van der Waals surface area contributed by atoms with Gasteiger partial charge >= 0.3 is 0 Å². The Hall–Kier alpha value is -0.120. The Morgan fingerprint density at radius 1 is 1.25 bits per heavy atom.